The van der Waals surface area contributed by atoms with E-state index in [9.17, 15) is 4.79 Å². The van der Waals surface area contributed by atoms with Gasteiger partial charge in [-0.25, -0.2) is 4.98 Å². The molecule has 0 aliphatic heterocycles. The van der Waals surface area contributed by atoms with E-state index in [2.05, 4.69) is 22.0 Å². The first-order valence-electron chi connectivity index (χ1n) is 12.2. The van der Waals surface area contributed by atoms with Crippen molar-refractivity contribution < 1.29 is 14.3 Å². The Kier molecular flexibility index (Phi) is 8.39. The predicted octanol–water partition coefficient (Wildman–Crippen LogP) is 5.58. The van der Waals surface area contributed by atoms with Crippen LogP contribution in [0.25, 0.3) is 11.0 Å². The van der Waals surface area contributed by atoms with Gasteiger partial charge in [0.1, 0.15) is 23.9 Å². The fourth-order valence-electron chi connectivity index (χ4n) is 4.09. The predicted molar refractivity (Wildman–Crippen MR) is 139 cm³/mol. The lowest BCUT2D eigenvalue weighted by molar-refractivity contribution is 0.0953. The maximum atomic E-state index is 12.2. The standard InChI is InChI=1S/C29H33N3O3/c1-22-11-13-23(14-12-22)29(33)30-19-7-3-4-10-28-31-26-8-5-6-9-27(26)32(28)20-21-35-25-17-15-24(34-2)16-18-25/h5-6,8-9,11-18H,3-4,7,10,19-21H2,1-2H3,(H,30,33). The number of rotatable bonds is 12. The first kappa shape index (κ1) is 24.3. The fourth-order valence-corrected chi connectivity index (χ4v) is 4.09. The number of methoxy groups -OCH3 is 1. The summed E-state index contributed by atoms with van der Waals surface area (Å²) in [5.41, 5.74) is 4.00. The quantitative estimate of drug-likeness (QED) is 0.274. The van der Waals surface area contributed by atoms with E-state index in [0.717, 1.165) is 66.1 Å². The number of amides is 1. The molecule has 182 valence electrons. The molecule has 0 fully saturated rings. The van der Waals surface area contributed by atoms with Gasteiger partial charge in [-0.05, 0) is 68.3 Å². The van der Waals surface area contributed by atoms with Gasteiger partial charge in [0.2, 0.25) is 0 Å². The molecule has 0 unspecified atom stereocenters. The zero-order valence-corrected chi connectivity index (χ0v) is 20.5. The molecule has 1 heterocycles. The van der Waals surface area contributed by atoms with Crippen molar-refractivity contribution in [2.75, 3.05) is 20.3 Å². The average Bonchev–Trinajstić information content (AvgIpc) is 3.24. The number of fused-ring (bicyclic) bond motifs is 1. The molecule has 0 atom stereocenters. The Balaban J connectivity index is 1.26. The van der Waals surface area contributed by atoms with Crippen LogP contribution < -0.4 is 14.8 Å². The van der Waals surface area contributed by atoms with Crippen LogP contribution in [0.4, 0.5) is 0 Å². The van der Waals surface area contributed by atoms with Crippen LogP contribution in [0, 0.1) is 6.92 Å². The number of carbonyl (C=O) groups excluding carboxylic acids is 1. The Bertz CT molecular complexity index is 1230. The van der Waals surface area contributed by atoms with Gasteiger partial charge in [0.25, 0.3) is 5.91 Å². The van der Waals surface area contributed by atoms with E-state index in [1.807, 2.05) is 67.6 Å². The molecular formula is C29H33N3O3. The molecule has 0 saturated carbocycles. The Morgan fingerprint density at radius 3 is 2.43 bits per heavy atom. The second-order valence-electron chi connectivity index (χ2n) is 8.62. The van der Waals surface area contributed by atoms with Gasteiger partial charge in [0.15, 0.2) is 0 Å². The van der Waals surface area contributed by atoms with Gasteiger partial charge in [0, 0.05) is 18.5 Å². The third-order valence-corrected chi connectivity index (χ3v) is 6.05. The van der Waals surface area contributed by atoms with Crippen molar-refractivity contribution in [1.29, 1.82) is 0 Å². The minimum atomic E-state index is -0.0105. The second kappa shape index (κ2) is 12.1. The van der Waals surface area contributed by atoms with Gasteiger partial charge in [-0.2, -0.15) is 0 Å². The molecule has 0 radical (unpaired) electrons. The van der Waals surface area contributed by atoms with Gasteiger partial charge >= 0.3 is 0 Å². The minimum absolute atomic E-state index is 0.0105. The van der Waals surface area contributed by atoms with Crippen molar-refractivity contribution in [1.82, 2.24) is 14.9 Å². The molecule has 6 nitrogen and oxygen atoms in total. The summed E-state index contributed by atoms with van der Waals surface area (Å²) in [5, 5.41) is 3.02. The van der Waals surface area contributed by atoms with Crippen molar-refractivity contribution >= 4 is 16.9 Å². The van der Waals surface area contributed by atoms with E-state index in [0.29, 0.717) is 18.7 Å². The molecule has 0 bridgehead atoms. The summed E-state index contributed by atoms with van der Waals surface area (Å²) in [5.74, 6) is 2.70. The highest BCUT2D eigenvalue weighted by Gasteiger charge is 2.11. The highest BCUT2D eigenvalue weighted by atomic mass is 16.5. The lowest BCUT2D eigenvalue weighted by atomic mass is 10.1. The van der Waals surface area contributed by atoms with Crippen LogP contribution in [0.2, 0.25) is 0 Å². The smallest absolute Gasteiger partial charge is 0.251 e. The summed E-state index contributed by atoms with van der Waals surface area (Å²) in [4.78, 5) is 17.1. The number of aryl methyl sites for hydroxylation is 2. The number of unbranched alkanes of at least 4 members (excludes halogenated alkanes) is 2. The lowest BCUT2D eigenvalue weighted by Crippen LogP contribution is -2.24. The number of aromatic nitrogens is 2. The van der Waals surface area contributed by atoms with Gasteiger partial charge in [0.05, 0.1) is 24.7 Å². The summed E-state index contributed by atoms with van der Waals surface area (Å²) < 4.78 is 13.4. The summed E-state index contributed by atoms with van der Waals surface area (Å²) in [6.45, 7) is 3.99. The molecular weight excluding hydrogens is 438 g/mol. The Morgan fingerprint density at radius 1 is 0.914 bits per heavy atom. The zero-order valence-electron chi connectivity index (χ0n) is 20.5. The van der Waals surface area contributed by atoms with E-state index in [4.69, 9.17) is 14.5 Å². The monoisotopic (exact) mass is 471 g/mol. The number of imidazole rings is 1. The van der Waals surface area contributed by atoms with Crippen LogP contribution in [0.3, 0.4) is 0 Å². The van der Waals surface area contributed by atoms with Crippen molar-refractivity contribution in [3.05, 3.63) is 89.7 Å². The van der Waals surface area contributed by atoms with Gasteiger partial charge in [-0.3, -0.25) is 4.79 Å². The normalized spacial score (nSPS) is 10.9. The Hall–Kier alpha value is -3.80. The molecule has 4 aromatic rings. The number of nitrogens with zero attached hydrogens (tertiary/aromatic N) is 2. The SMILES string of the molecule is COc1ccc(OCCn2c(CCCCCNC(=O)c3ccc(C)cc3)nc3ccccc32)cc1. The van der Waals surface area contributed by atoms with Crippen LogP contribution in [0.1, 0.15) is 41.0 Å². The highest BCUT2D eigenvalue weighted by Crippen LogP contribution is 2.20. The molecule has 1 amide bonds. The number of para-hydroxylation sites is 2. The van der Waals surface area contributed by atoms with Crippen LogP contribution in [0.5, 0.6) is 11.5 Å². The molecule has 3 aromatic carbocycles. The third kappa shape index (κ3) is 6.63. The summed E-state index contributed by atoms with van der Waals surface area (Å²) in [6, 6.07) is 23.5. The lowest BCUT2D eigenvalue weighted by Gasteiger charge is -2.11. The van der Waals surface area contributed by atoms with E-state index in [1.54, 1.807) is 7.11 Å². The van der Waals surface area contributed by atoms with E-state index < -0.39 is 0 Å². The highest BCUT2D eigenvalue weighted by molar-refractivity contribution is 5.94. The molecule has 35 heavy (non-hydrogen) atoms. The van der Waals surface area contributed by atoms with E-state index >= 15 is 0 Å². The first-order chi connectivity index (χ1) is 17.1. The first-order valence-corrected chi connectivity index (χ1v) is 12.2. The summed E-state index contributed by atoms with van der Waals surface area (Å²) in [6.07, 6.45) is 3.88. The van der Waals surface area contributed by atoms with Crippen LogP contribution >= 0.6 is 0 Å². The zero-order chi connectivity index (χ0) is 24.5. The number of ether oxygens (including phenoxy) is 2. The Morgan fingerprint density at radius 2 is 1.66 bits per heavy atom. The third-order valence-electron chi connectivity index (χ3n) is 6.05. The maximum Gasteiger partial charge on any atom is 0.251 e. The van der Waals surface area contributed by atoms with E-state index in [-0.39, 0.29) is 5.91 Å². The molecule has 0 spiro atoms. The molecule has 0 aliphatic carbocycles. The van der Waals surface area contributed by atoms with E-state index in [1.165, 1.54) is 0 Å². The number of benzene rings is 3. The molecule has 1 aromatic heterocycles. The molecule has 0 saturated heterocycles. The number of hydrogen-bond acceptors (Lipinski definition) is 4. The Labute approximate surface area is 206 Å². The molecule has 6 heteroatoms. The molecule has 1 N–H and O–H groups in total. The number of hydrogen-bond donors (Lipinski definition) is 1. The summed E-state index contributed by atoms with van der Waals surface area (Å²) in [7, 11) is 1.66. The van der Waals surface area contributed by atoms with Crippen molar-refractivity contribution in [2.45, 2.75) is 39.2 Å². The van der Waals surface area contributed by atoms with Crippen molar-refractivity contribution in [2.24, 2.45) is 0 Å². The van der Waals surface area contributed by atoms with Crippen molar-refractivity contribution in [3.63, 3.8) is 0 Å². The summed E-state index contributed by atoms with van der Waals surface area (Å²) >= 11 is 0. The van der Waals surface area contributed by atoms with Crippen LogP contribution in [-0.4, -0.2) is 35.7 Å². The van der Waals surface area contributed by atoms with Gasteiger partial charge in [-0.15, -0.1) is 0 Å². The van der Waals surface area contributed by atoms with Crippen LogP contribution in [-0.2, 0) is 13.0 Å². The van der Waals surface area contributed by atoms with Gasteiger partial charge in [-0.1, -0.05) is 36.2 Å². The number of carbonyl (C=O) groups is 1. The van der Waals surface area contributed by atoms with Crippen LogP contribution in [0.15, 0.2) is 72.8 Å². The minimum Gasteiger partial charge on any atom is -0.497 e. The van der Waals surface area contributed by atoms with Crippen molar-refractivity contribution in [3.8, 4) is 11.5 Å². The van der Waals surface area contributed by atoms with Gasteiger partial charge < -0.3 is 19.4 Å². The topological polar surface area (TPSA) is 65.4 Å². The second-order valence-corrected chi connectivity index (χ2v) is 8.62. The largest absolute Gasteiger partial charge is 0.497 e. The average molecular weight is 472 g/mol. The number of nitrogens with one attached hydrogen (secondary N) is 1. The molecule has 0 aliphatic rings. The fraction of sp³-hybridized carbons (Fsp3) is 0.310. The molecule has 4 rings (SSSR count). The maximum absolute atomic E-state index is 12.2.